The van der Waals surface area contributed by atoms with Crippen LogP contribution in [0.15, 0.2) is 0 Å². The Labute approximate surface area is 83.6 Å². The Morgan fingerprint density at radius 3 is 2.79 bits per heavy atom. The van der Waals surface area contributed by atoms with E-state index in [0.717, 1.165) is 19.5 Å². The molecule has 3 N–H and O–H groups in total. The maximum absolute atomic E-state index is 11.5. The number of primary amides is 1. The summed E-state index contributed by atoms with van der Waals surface area (Å²) in [7, 11) is 1.61. The van der Waals surface area contributed by atoms with Crippen LogP contribution in [0, 0.1) is 5.92 Å². The topological polar surface area (TPSA) is 75.4 Å². The summed E-state index contributed by atoms with van der Waals surface area (Å²) in [6.45, 7) is 1.90. The van der Waals surface area contributed by atoms with Crippen LogP contribution >= 0.6 is 0 Å². The molecule has 0 spiro atoms. The molecule has 1 aliphatic rings. The minimum Gasteiger partial charge on any atom is -0.368 e. The third kappa shape index (κ3) is 3.33. The summed E-state index contributed by atoms with van der Waals surface area (Å²) in [5.74, 6) is -0.0549. The highest BCUT2D eigenvalue weighted by molar-refractivity contribution is 5.83. The van der Waals surface area contributed by atoms with Gasteiger partial charge in [0.15, 0.2) is 0 Å². The molecule has 1 aliphatic heterocycles. The van der Waals surface area contributed by atoms with Crippen molar-refractivity contribution in [3.8, 4) is 0 Å². The van der Waals surface area contributed by atoms with Gasteiger partial charge in [-0.1, -0.05) is 0 Å². The van der Waals surface area contributed by atoms with E-state index in [-0.39, 0.29) is 12.5 Å². The maximum Gasteiger partial charge on any atom is 0.237 e. The molecular formula is C9H17N3O2. The summed E-state index contributed by atoms with van der Waals surface area (Å²) in [5, 5.41) is 3.20. The van der Waals surface area contributed by atoms with Gasteiger partial charge in [0, 0.05) is 13.5 Å². The second-order valence-electron chi connectivity index (χ2n) is 3.78. The lowest BCUT2D eigenvalue weighted by molar-refractivity contribution is -0.134. The number of amides is 2. The van der Waals surface area contributed by atoms with Crippen LogP contribution in [0.4, 0.5) is 0 Å². The molecule has 5 nitrogen and oxygen atoms in total. The van der Waals surface area contributed by atoms with Crippen LogP contribution in [-0.2, 0) is 9.59 Å². The summed E-state index contributed by atoms with van der Waals surface area (Å²) in [4.78, 5) is 23.5. The van der Waals surface area contributed by atoms with E-state index in [1.54, 1.807) is 7.05 Å². The van der Waals surface area contributed by atoms with E-state index >= 15 is 0 Å². The highest BCUT2D eigenvalue weighted by Gasteiger charge is 2.20. The molecule has 0 saturated carbocycles. The first kappa shape index (κ1) is 11.0. The van der Waals surface area contributed by atoms with Crippen molar-refractivity contribution in [2.75, 3.05) is 26.7 Å². The molecule has 2 amide bonds. The Hall–Kier alpha value is -1.10. The third-order valence-corrected chi connectivity index (χ3v) is 2.44. The zero-order valence-electron chi connectivity index (χ0n) is 8.45. The molecule has 5 heteroatoms. The number of hydrogen-bond acceptors (Lipinski definition) is 3. The van der Waals surface area contributed by atoms with Crippen molar-refractivity contribution in [1.29, 1.82) is 0 Å². The number of carbonyl (C=O) groups excluding carboxylic acids is 2. The fourth-order valence-corrected chi connectivity index (χ4v) is 1.61. The summed E-state index contributed by atoms with van der Waals surface area (Å²) >= 11 is 0. The first-order valence-electron chi connectivity index (χ1n) is 4.82. The minimum absolute atomic E-state index is 0.00231. The SMILES string of the molecule is CN(CC(N)=O)C(=O)CC1CCNC1. The molecule has 1 saturated heterocycles. The van der Waals surface area contributed by atoms with Gasteiger partial charge in [0.25, 0.3) is 0 Å². The monoisotopic (exact) mass is 199 g/mol. The third-order valence-electron chi connectivity index (χ3n) is 2.44. The lowest BCUT2D eigenvalue weighted by Gasteiger charge is -2.17. The smallest absolute Gasteiger partial charge is 0.237 e. The predicted octanol–water partition coefficient (Wildman–Crippen LogP) is -1.07. The van der Waals surface area contributed by atoms with Crippen LogP contribution in [0.2, 0.25) is 0 Å². The molecule has 1 fully saturated rings. The van der Waals surface area contributed by atoms with Crippen molar-refractivity contribution in [1.82, 2.24) is 10.2 Å². The van der Waals surface area contributed by atoms with Crippen molar-refractivity contribution in [2.45, 2.75) is 12.8 Å². The Balaban J connectivity index is 2.29. The molecule has 0 radical (unpaired) electrons. The van der Waals surface area contributed by atoms with Crippen molar-refractivity contribution >= 4 is 11.8 Å². The molecule has 0 aromatic rings. The maximum atomic E-state index is 11.5. The van der Waals surface area contributed by atoms with Crippen molar-refractivity contribution in [2.24, 2.45) is 11.7 Å². The molecule has 1 heterocycles. The average molecular weight is 199 g/mol. The minimum atomic E-state index is -0.467. The molecule has 1 atom stereocenters. The van der Waals surface area contributed by atoms with E-state index in [0.29, 0.717) is 12.3 Å². The fraction of sp³-hybridized carbons (Fsp3) is 0.778. The summed E-state index contributed by atoms with van der Waals surface area (Å²) in [5.41, 5.74) is 4.99. The number of nitrogens with two attached hydrogens (primary N) is 1. The van der Waals surface area contributed by atoms with Crippen LogP contribution in [0.1, 0.15) is 12.8 Å². The Morgan fingerprint density at radius 2 is 2.29 bits per heavy atom. The second-order valence-corrected chi connectivity index (χ2v) is 3.78. The van der Waals surface area contributed by atoms with Gasteiger partial charge in [-0.15, -0.1) is 0 Å². The Kier molecular flexibility index (Phi) is 3.88. The van der Waals surface area contributed by atoms with Crippen LogP contribution in [-0.4, -0.2) is 43.4 Å². The molecule has 0 aliphatic carbocycles. The lowest BCUT2D eigenvalue weighted by Crippen LogP contribution is -2.36. The van der Waals surface area contributed by atoms with E-state index in [9.17, 15) is 9.59 Å². The van der Waals surface area contributed by atoms with Gasteiger partial charge in [0.05, 0.1) is 6.54 Å². The van der Waals surface area contributed by atoms with Gasteiger partial charge < -0.3 is 16.0 Å². The molecule has 14 heavy (non-hydrogen) atoms. The zero-order chi connectivity index (χ0) is 10.6. The number of hydrogen-bond donors (Lipinski definition) is 2. The van der Waals surface area contributed by atoms with Gasteiger partial charge in [-0.25, -0.2) is 0 Å². The summed E-state index contributed by atoms with van der Waals surface area (Å²) in [6.07, 6.45) is 1.55. The Bertz CT molecular complexity index is 224. The van der Waals surface area contributed by atoms with Gasteiger partial charge in [0.2, 0.25) is 11.8 Å². The van der Waals surface area contributed by atoms with Crippen molar-refractivity contribution in [3.05, 3.63) is 0 Å². The number of likely N-dealkylation sites (N-methyl/N-ethyl adjacent to an activating group) is 1. The quantitative estimate of drug-likeness (QED) is 0.605. The molecule has 0 aromatic heterocycles. The van der Waals surface area contributed by atoms with Crippen LogP contribution in [0.5, 0.6) is 0 Å². The van der Waals surface area contributed by atoms with E-state index in [1.165, 1.54) is 4.90 Å². The number of rotatable bonds is 4. The van der Waals surface area contributed by atoms with Gasteiger partial charge in [-0.2, -0.15) is 0 Å². The molecular weight excluding hydrogens is 182 g/mol. The normalized spacial score (nSPS) is 20.8. The highest BCUT2D eigenvalue weighted by atomic mass is 16.2. The van der Waals surface area contributed by atoms with Gasteiger partial charge in [0.1, 0.15) is 0 Å². The summed E-state index contributed by atoms with van der Waals surface area (Å²) < 4.78 is 0. The first-order chi connectivity index (χ1) is 6.59. The van der Waals surface area contributed by atoms with E-state index in [4.69, 9.17) is 5.73 Å². The van der Waals surface area contributed by atoms with Crippen LogP contribution < -0.4 is 11.1 Å². The molecule has 1 unspecified atom stereocenters. The van der Waals surface area contributed by atoms with Gasteiger partial charge in [-0.05, 0) is 25.4 Å². The van der Waals surface area contributed by atoms with Gasteiger partial charge >= 0.3 is 0 Å². The predicted molar refractivity (Wildman–Crippen MR) is 52.4 cm³/mol. The first-order valence-corrected chi connectivity index (χ1v) is 4.82. The Morgan fingerprint density at radius 1 is 1.57 bits per heavy atom. The van der Waals surface area contributed by atoms with Crippen molar-refractivity contribution in [3.63, 3.8) is 0 Å². The zero-order valence-corrected chi connectivity index (χ0v) is 8.45. The van der Waals surface area contributed by atoms with E-state index in [2.05, 4.69) is 5.32 Å². The number of nitrogens with one attached hydrogen (secondary N) is 1. The van der Waals surface area contributed by atoms with E-state index < -0.39 is 5.91 Å². The lowest BCUT2D eigenvalue weighted by atomic mass is 10.0. The molecule has 0 aromatic carbocycles. The molecule has 80 valence electrons. The average Bonchev–Trinajstić information content (AvgIpc) is 2.55. The number of carbonyl (C=O) groups is 2. The molecule has 0 bridgehead atoms. The number of nitrogens with zero attached hydrogens (tertiary/aromatic N) is 1. The highest BCUT2D eigenvalue weighted by Crippen LogP contribution is 2.12. The fourth-order valence-electron chi connectivity index (χ4n) is 1.61. The second kappa shape index (κ2) is 4.95. The standard InChI is InChI=1S/C9H17N3O2/c1-12(6-8(10)13)9(14)4-7-2-3-11-5-7/h7,11H,2-6H2,1H3,(H2,10,13). The largest absolute Gasteiger partial charge is 0.368 e. The van der Waals surface area contributed by atoms with Crippen LogP contribution in [0.3, 0.4) is 0 Å². The molecule has 1 rings (SSSR count). The van der Waals surface area contributed by atoms with Crippen molar-refractivity contribution < 1.29 is 9.59 Å². The van der Waals surface area contributed by atoms with Crippen LogP contribution in [0.25, 0.3) is 0 Å². The van der Waals surface area contributed by atoms with Gasteiger partial charge in [-0.3, -0.25) is 9.59 Å². The summed E-state index contributed by atoms with van der Waals surface area (Å²) in [6, 6.07) is 0. The van der Waals surface area contributed by atoms with E-state index in [1.807, 2.05) is 0 Å².